The number of carbonyl (C=O) groups excluding carboxylic acids is 1. The third-order valence-electron chi connectivity index (χ3n) is 2.68. The van der Waals surface area contributed by atoms with Gasteiger partial charge in [-0.2, -0.15) is 0 Å². The topological polar surface area (TPSA) is 89.9 Å². The Balaban J connectivity index is 2.65. The number of aliphatic hydroxyl groups excluding tert-OH is 1. The van der Waals surface area contributed by atoms with Gasteiger partial charge in [-0.25, -0.2) is 14.0 Å². The number of benzene rings is 1. The predicted molar refractivity (Wildman–Crippen MR) is 69.5 cm³/mol. The molecule has 7 heteroatoms. The van der Waals surface area contributed by atoms with Crippen molar-refractivity contribution in [3.05, 3.63) is 35.6 Å². The van der Waals surface area contributed by atoms with Crippen LogP contribution in [0.1, 0.15) is 12.5 Å². The summed E-state index contributed by atoms with van der Waals surface area (Å²) in [5.41, 5.74) is 0.576. The van der Waals surface area contributed by atoms with Crippen molar-refractivity contribution in [2.75, 3.05) is 7.05 Å². The summed E-state index contributed by atoms with van der Waals surface area (Å²) in [6.45, 7) is 1.39. The van der Waals surface area contributed by atoms with Crippen molar-refractivity contribution in [3.63, 3.8) is 0 Å². The molecule has 0 saturated heterocycles. The predicted octanol–water partition coefficient (Wildman–Crippen LogP) is 0.801. The molecule has 2 amide bonds. The molecule has 6 nitrogen and oxygen atoms in total. The van der Waals surface area contributed by atoms with Crippen LogP contribution in [0, 0.1) is 5.82 Å². The van der Waals surface area contributed by atoms with E-state index in [1.165, 1.54) is 37.1 Å². The van der Waals surface area contributed by atoms with E-state index in [9.17, 15) is 19.1 Å². The minimum Gasteiger partial charge on any atom is -0.480 e. The molecule has 0 aromatic heterocycles. The number of amides is 2. The Kier molecular flexibility index (Phi) is 5.45. The molecule has 0 radical (unpaired) electrons. The average Bonchev–Trinajstić information content (AvgIpc) is 2.34. The van der Waals surface area contributed by atoms with Gasteiger partial charge in [0.2, 0.25) is 0 Å². The number of halogens is 1. The molecule has 1 aromatic carbocycles. The minimum atomic E-state index is -1.39. The summed E-state index contributed by atoms with van der Waals surface area (Å²) in [4.78, 5) is 23.9. The molecule has 20 heavy (non-hydrogen) atoms. The highest BCUT2D eigenvalue weighted by Crippen LogP contribution is 2.06. The summed E-state index contributed by atoms with van der Waals surface area (Å²) in [5, 5.41) is 20.3. The van der Waals surface area contributed by atoms with Crippen LogP contribution in [0.2, 0.25) is 0 Å². The van der Waals surface area contributed by atoms with E-state index in [0.29, 0.717) is 5.56 Å². The zero-order valence-corrected chi connectivity index (χ0v) is 11.2. The van der Waals surface area contributed by atoms with Crippen molar-refractivity contribution >= 4 is 12.0 Å². The number of nitrogens with zero attached hydrogens (tertiary/aromatic N) is 1. The highest BCUT2D eigenvalue weighted by molar-refractivity contribution is 5.82. The van der Waals surface area contributed by atoms with Gasteiger partial charge in [-0.05, 0) is 24.6 Å². The maximum atomic E-state index is 13.0. The lowest BCUT2D eigenvalue weighted by Crippen LogP contribution is -2.51. The van der Waals surface area contributed by atoms with Crippen LogP contribution in [0.25, 0.3) is 0 Å². The van der Waals surface area contributed by atoms with Gasteiger partial charge < -0.3 is 20.4 Å². The molecule has 2 unspecified atom stereocenters. The molecule has 0 aliphatic carbocycles. The Bertz CT molecular complexity index is 493. The maximum Gasteiger partial charge on any atom is 0.328 e. The molecule has 0 aliphatic heterocycles. The lowest BCUT2D eigenvalue weighted by atomic mass is 10.2. The molecule has 0 heterocycles. The van der Waals surface area contributed by atoms with Crippen LogP contribution >= 0.6 is 0 Å². The lowest BCUT2D eigenvalue weighted by molar-refractivity contribution is -0.141. The van der Waals surface area contributed by atoms with E-state index < -0.39 is 30.0 Å². The molecule has 110 valence electrons. The molecule has 0 spiro atoms. The maximum absolute atomic E-state index is 13.0. The summed E-state index contributed by atoms with van der Waals surface area (Å²) in [5.74, 6) is -1.74. The molecule has 0 fully saturated rings. The van der Waals surface area contributed by atoms with Gasteiger partial charge in [-0.15, -0.1) is 0 Å². The summed E-state index contributed by atoms with van der Waals surface area (Å²) < 4.78 is 13.0. The van der Waals surface area contributed by atoms with E-state index in [-0.39, 0.29) is 6.54 Å². The van der Waals surface area contributed by atoms with E-state index in [2.05, 4.69) is 5.32 Å². The summed E-state index contributed by atoms with van der Waals surface area (Å²) >= 11 is 0. The van der Waals surface area contributed by atoms with Gasteiger partial charge >= 0.3 is 12.0 Å². The van der Waals surface area contributed by atoms with Crippen LogP contribution in [0.4, 0.5) is 9.18 Å². The third kappa shape index (κ3) is 4.51. The fraction of sp³-hybridized carbons (Fsp3) is 0.385. The normalized spacial score (nSPS) is 13.4. The van der Waals surface area contributed by atoms with Crippen LogP contribution in [-0.2, 0) is 11.3 Å². The first-order chi connectivity index (χ1) is 9.31. The quantitative estimate of drug-likeness (QED) is 0.746. The van der Waals surface area contributed by atoms with E-state index in [1.807, 2.05) is 0 Å². The summed E-state index contributed by atoms with van der Waals surface area (Å²) in [6, 6.07) is 3.69. The van der Waals surface area contributed by atoms with Crippen molar-refractivity contribution in [1.82, 2.24) is 10.2 Å². The number of aliphatic carboxylic acids is 1. The van der Waals surface area contributed by atoms with Crippen molar-refractivity contribution in [2.45, 2.75) is 25.6 Å². The van der Waals surface area contributed by atoms with Crippen LogP contribution in [0.5, 0.6) is 0 Å². The molecule has 2 atom stereocenters. The highest BCUT2D eigenvalue weighted by Gasteiger charge is 2.26. The van der Waals surface area contributed by atoms with Crippen LogP contribution < -0.4 is 5.32 Å². The number of aliphatic hydroxyl groups is 1. The van der Waals surface area contributed by atoms with E-state index >= 15 is 0 Å². The molecule has 1 aromatic rings. The van der Waals surface area contributed by atoms with Gasteiger partial charge in [-0.3, -0.25) is 0 Å². The Morgan fingerprint density at radius 1 is 1.45 bits per heavy atom. The van der Waals surface area contributed by atoms with E-state index in [0.717, 1.165) is 0 Å². The number of carbonyl (C=O) groups is 2. The zero-order valence-electron chi connectivity index (χ0n) is 11.2. The van der Waals surface area contributed by atoms with Crippen molar-refractivity contribution in [1.29, 1.82) is 0 Å². The summed E-state index contributed by atoms with van der Waals surface area (Å²) in [6.07, 6.45) is -1.22. The first-order valence-electron chi connectivity index (χ1n) is 5.98. The summed E-state index contributed by atoms with van der Waals surface area (Å²) in [7, 11) is 1.45. The number of nitrogens with one attached hydrogen (secondary N) is 1. The van der Waals surface area contributed by atoms with Crippen LogP contribution in [0.3, 0.4) is 0 Å². The smallest absolute Gasteiger partial charge is 0.328 e. The molecule has 0 aliphatic rings. The lowest BCUT2D eigenvalue weighted by Gasteiger charge is -2.22. The Labute approximate surface area is 115 Å². The fourth-order valence-electron chi connectivity index (χ4n) is 1.61. The molecular weight excluding hydrogens is 267 g/mol. The fourth-order valence-corrected chi connectivity index (χ4v) is 1.61. The standard InChI is InChI=1S/C13H17FN2O4/c1-8(17)11(12(18)19)15-13(20)16(2)7-9-4-3-5-10(14)6-9/h3-6,8,11,17H,7H2,1-2H3,(H,15,20)(H,18,19). The molecule has 0 saturated carbocycles. The number of urea groups is 1. The second-order valence-electron chi connectivity index (χ2n) is 4.49. The number of hydrogen-bond donors (Lipinski definition) is 3. The Morgan fingerprint density at radius 3 is 2.60 bits per heavy atom. The monoisotopic (exact) mass is 284 g/mol. The Hall–Kier alpha value is -2.15. The number of hydrogen-bond acceptors (Lipinski definition) is 3. The third-order valence-corrected chi connectivity index (χ3v) is 2.68. The van der Waals surface area contributed by atoms with Gasteiger partial charge in [0.1, 0.15) is 5.82 Å². The Morgan fingerprint density at radius 2 is 2.10 bits per heavy atom. The van der Waals surface area contributed by atoms with Crippen molar-refractivity contribution < 1.29 is 24.2 Å². The van der Waals surface area contributed by atoms with Crippen molar-refractivity contribution in [3.8, 4) is 0 Å². The second kappa shape index (κ2) is 6.85. The number of carboxylic acid groups (broad SMARTS) is 1. The average molecular weight is 284 g/mol. The number of rotatable bonds is 5. The van der Waals surface area contributed by atoms with Gasteiger partial charge in [-0.1, -0.05) is 12.1 Å². The second-order valence-corrected chi connectivity index (χ2v) is 4.49. The minimum absolute atomic E-state index is 0.121. The van der Waals surface area contributed by atoms with E-state index in [1.54, 1.807) is 6.07 Å². The highest BCUT2D eigenvalue weighted by atomic mass is 19.1. The number of carboxylic acids is 1. The van der Waals surface area contributed by atoms with Gasteiger partial charge in [0.25, 0.3) is 0 Å². The van der Waals surface area contributed by atoms with Crippen LogP contribution in [-0.4, -0.2) is 46.3 Å². The molecule has 1 rings (SSSR count). The van der Waals surface area contributed by atoms with Gasteiger partial charge in [0.05, 0.1) is 6.10 Å². The molecule has 3 N–H and O–H groups in total. The first kappa shape index (κ1) is 15.9. The SMILES string of the molecule is CC(O)C(NC(=O)N(C)Cc1cccc(F)c1)C(=O)O. The molecular formula is C13H17FN2O4. The zero-order chi connectivity index (χ0) is 15.3. The van der Waals surface area contributed by atoms with Gasteiger partial charge in [0, 0.05) is 13.6 Å². The van der Waals surface area contributed by atoms with Crippen molar-refractivity contribution in [2.24, 2.45) is 0 Å². The van der Waals surface area contributed by atoms with Crippen LogP contribution in [0.15, 0.2) is 24.3 Å². The molecule has 0 bridgehead atoms. The van der Waals surface area contributed by atoms with E-state index in [4.69, 9.17) is 5.11 Å². The first-order valence-corrected chi connectivity index (χ1v) is 5.98. The largest absolute Gasteiger partial charge is 0.480 e. The van der Waals surface area contributed by atoms with Gasteiger partial charge in [0.15, 0.2) is 6.04 Å².